The van der Waals surface area contributed by atoms with Crippen molar-refractivity contribution < 1.29 is 58.2 Å². The third-order valence-electron chi connectivity index (χ3n) is 13.8. The van der Waals surface area contributed by atoms with E-state index in [0.29, 0.717) is 32.1 Å². The van der Waals surface area contributed by atoms with Gasteiger partial charge in [0.25, 0.3) is 0 Å². The normalized spacial score (nSPS) is 18.5. The summed E-state index contributed by atoms with van der Waals surface area (Å²) in [5, 5.41) is 31.6. The minimum Gasteiger partial charge on any atom is -0.479 e. The minimum atomic E-state index is -1.95. The molecule has 0 bridgehead atoms. The van der Waals surface area contributed by atoms with Gasteiger partial charge in [0.2, 0.25) is 0 Å². The van der Waals surface area contributed by atoms with E-state index < -0.39 is 67.3 Å². The Kier molecular flexibility index (Phi) is 54.9. The van der Waals surface area contributed by atoms with Crippen LogP contribution in [0.3, 0.4) is 0 Å². The van der Waals surface area contributed by atoms with Crippen molar-refractivity contribution in [3.8, 4) is 0 Å². The first-order chi connectivity index (χ1) is 42.6. The highest BCUT2D eigenvalue weighted by atomic mass is 16.7. The van der Waals surface area contributed by atoms with Crippen molar-refractivity contribution in [2.75, 3.05) is 13.2 Å². The summed E-state index contributed by atoms with van der Waals surface area (Å²) in [6, 6.07) is 0. The van der Waals surface area contributed by atoms with Crippen LogP contribution < -0.4 is 0 Å². The molecule has 12 heteroatoms. The van der Waals surface area contributed by atoms with Gasteiger partial charge in [-0.05, 0) is 128 Å². The van der Waals surface area contributed by atoms with E-state index in [0.717, 1.165) is 103 Å². The van der Waals surface area contributed by atoms with Crippen LogP contribution in [0.25, 0.3) is 0 Å². The van der Waals surface area contributed by atoms with E-state index in [1.165, 1.54) is 51.4 Å². The highest BCUT2D eigenvalue weighted by Crippen LogP contribution is 2.26. The van der Waals surface area contributed by atoms with Gasteiger partial charge in [-0.3, -0.25) is 14.4 Å². The number of carbonyl (C=O) groups is 4. The van der Waals surface area contributed by atoms with E-state index in [2.05, 4.69) is 161 Å². The van der Waals surface area contributed by atoms with Crippen LogP contribution in [-0.4, -0.2) is 89.2 Å². The summed E-state index contributed by atoms with van der Waals surface area (Å²) in [5.41, 5.74) is 0. The highest BCUT2D eigenvalue weighted by molar-refractivity contribution is 5.74. The Morgan fingerprint density at radius 1 is 0.391 bits per heavy atom. The fourth-order valence-corrected chi connectivity index (χ4v) is 8.80. The molecule has 1 saturated heterocycles. The van der Waals surface area contributed by atoms with Crippen molar-refractivity contribution in [1.29, 1.82) is 0 Å². The van der Waals surface area contributed by atoms with Crippen LogP contribution in [0.4, 0.5) is 0 Å². The van der Waals surface area contributed by atoms with Crippen LogP contribution in [-0.2, 0) is 42.9 Å². The number of allylic oxidation sites excluding steroid dienone is 28. The first-order valence-corrected chi connectivity index (χ1v) is 33.1. The summed E-state index contributed by atoms with van der Waals surface area (Å²) in [6.45, 7) is 5.65. The molecule has 1 aliphatic heterocycles. The van der Waals surface area contributed by atoms with E-state index in [-0.39, 0.29) is 25.9 Å². The summed E-state index contributed by atoms with van der Waals surface area (Å²) in [7, 11) is 0. The van der Waals surface area contributed by atoms with Crippen molar-refractivity contribution in [3.63, 3.8) is 0 Å². The monoisotopic (exact) mass is 1210 g/mol. The van der Waals surface area contributed by atoms with Crippen LogP contribution in [0.2, 0.25) is 0 Å². The fraction of sp³-hybridized carbons (Fsp3) is 0.573. The summed E-state index contributed by atoms with van der Waals surface area (Å²) >= 11 is 0. The number of esters is 3. The van der Waals surface area contributed by atoms with E-state index in [4.69, 9.17) is 23.7 Å². The predicted molar refractivity (Wildman–Crippen MR) is 358 cm³/mol. The first-order valence-electron chi connectivity index (χ1n) is 33.1. The molecule has 6 unspecified atom stereocenters. The molecule has 1 fully saturated rings. The summed E-state index contributed by atoms with van der Waals surface area (Å²) in [5.74, 6) is -3.37. The SMILES string of the molecule is CC/C=C\C/C=C\C/C=C\C/C=C\C/C=C\C/C=C\CCC(=O)OCC(COC1OC(C(=O)O)C(O)C(O)C1OC(=O)CC/C=C\C/C=C\C/C=C\C/C=C\C/C=C\C/C=C\CC)OC(=O)CCCCCCCCCCC/C=C\C/C=C\CCCCC. The number of aliphatic carboxylic acids is 1. The van der Waals surface area contributed by atoms with Crippen LogP contribution >= 0.6 is 0 Å². The Labute approximate surface area is 526 Å². The standard InChI is InChI=1S/C75H114O12/c1-4-7-10-13-16-19-22-25-28-31-34-37-40-43-46-49-52-55-58-61-67(76)83-64-66(85-68(77)62-59-56-53-50-47-44-41-38-35-32-29-26-23-20-17-14-11-8-5-2)65-84-75-73(71(80)70(79)72(87-75)74(81)82)86-69(78)63-60-57-54-51-48-45-42-39-36-33-30-27-24-21-18-15-12-9-6-3/h7,9-10,12,16-21,25-30,34,36-37,39,43,45-46,48,52,54-55,57,66,70-73,75,79-80H,4-6,8,11,13-15,22-24,31-33,35,38,40-42,44,47,49-51,53,56,58-65H2,1-3H3,(H,81,82)/b10-7-,12-9-,19-16-,20-17-,21-18-,28-25-,29-26-,30-27-,37-34-,39-36-,46-43-,48-45-,55-52-,57-54-. The minimum absolute atomic E-state index is 0.0745. The number of aliphatic hydroxyl groups is 2. The molecule has 6 atom stereocenters. The van der Waals surface area contributed by atoms with Crippen molar-refractivity contribution in [2.45, 2.75) is 263 Å². The zero-order valence-corrected chi connectivity index (χ0v) is 53.7. The molecule has 12 nitrogen and oxygen atoms in total. The number of rotatable bonds is 54. The van der Waals surface area contributed by atoms with Crippen LogP contribution in [0.5, 0.6) is 0 Å². The number of hydrogen-bond donors (Lipinski definition) is 3. The smallest absolute Gasteiger partial charge is 0.335 e. The van der Waals surface area contributed by atoms with E-state index in [1.54, 1.807) is 0 Å². The van der Waals surface area contributed by atoms with Gasteiger partial charge in [-0.2, -0.15) is 0 Å². The Hall–Kier alpha value is -5.92. The molecule has 0 aliphatic carbocycles. The second kappa shape index (κ2) is 60.4. The van der Waals surface area contributed by atoms with Crippen molar-refractivity contribution in [2.24, 2.45) is 0 Å². The van der Waals surface area contributed by atoms with E-state index >= 15 is 0 Å². The molecule has 87 heavy (non-hydrogen) atoms. The average Bonchev–Trinajstić information content (AvgIpc) is 2.56. The van der Waals surface area contributed by atoms with E-state index in [9.17, 15) is 34.5 Å². The largest absolute Gasteiger partial charge is 0.479 e. The van der Waals surface area contributed by atoms with Crippen LogP contribution in [0, 0.1) is 0 Å². The molecule has 0 aromatic carbocycles. The van der Waals surface area contributed by atoms with Gasteiger partial charge in [-0.1, -0.05) is 249 Å². The Morgan fingerprint density at radius 2 is 0.747 bits per heavy atom. The van der Waals surface area contributed by atoms with Crippen molar-refractivity contribution in [3.05, 3.63) is 170 Å². The maximum absolute atomic E-state index is 13.2. The fourth-order valence-electron chi connectivity index (χ4n) is 8.80. The average molecular weight is 1210 g/mol. The molecule has 0 aromatic heterocycles. The molecular formula is C75H114O12. The number of hydrogen-bond acceptors (Lipinski definition) is 11. The number of carbonyl (C=O) groups excluding carboxylic acids is 3. The third kappa shape index (κ3) is 49.7. The maximum atomic E-state index is 13.2. The third-order valence-corrected chi connectivity index (χ3v) is 13.8. The first kappa shape index (κ1) is 79.1. The molecule has 0 radical (unpaired) electrons. The summed E-state index contributed by atoms with van der Waals surface area (Å²) < 4.78 is 28.4. The van der Waals surface area contributed by atoms with Gasteiger partial charge >= 0.3 is 23.9 Å². The number of aliphatic hydroxyl groups excluding tert-OH is 2. The zero-order chi connectivity index (χ0) is 63.1. The topological polar surface area (TPSA) is 175 Å². The van der Waals surface area contributed by atoms with Crippen LogP contribution in [0.15, 0.2) is 170 Å². The summed E-state index contributed by atoms with van der Waals surface area (Å²) in [6.07, 6.45) is 77.6. The van der Waals surface area contributed by atoms with Crippen molar-refractivity contribution in [1.82, 2.24) is 0 Å². The molecule has 1 heterocycles. The van der Waals surface area contributed by atoms with Gasteiger partial charge in [-0.15, -0.1) is 0 Å². The molecule has 0 saturated carbocycles. The molecular weight excluding hydrogens is 1090 g/mol. The Bertz CT molecular complexity index is 2160. The molecule has 0 aromatic rings. The van der Waals surface area contributed by atoms with Gasteiger partial charge in [0.1, 0.15) is 18.8 Å². The van der Waals surface area contributed by atoms with Gasteiger partial charge in [0, 0.05) is 19.3 Å². The zero-order valence-electron chi connectivity index (χ0n) is 53.7. The Morgan fingerprint density at radius 3 is 1.15 bits per heavy atom. The number of carboxylic acids is 1. The lowest BCUT2D eigenvalue weighted by Crippen LogP contribution is -2.61. The highest BCUT2D eigenvalue weighted by Gasteiger charge is 2.50. The van der Waals surface area contributed by atoms with Gasteiger partial charge in [0.15, 0.2) is 24.6 Å². The quantitative estimate of drug-likeness (QED) is 0.0228. The molecule has 0 spiro atoms. The summed E-state index contributed by atoms with van der Waals surface area (Å²) in [4.78, 5) is 51.3. The number of ether oxygens (including phenoxy) is 5. The van der Waals surface area contributed by atoms with Crippen molar-refractivity contribution >= 4 is 23.9 Å². The molecule has 1 aliphatic rings. The lowest BCUT2D eigenvalue weighted by atomic mass is 9.98. The number of unbranched alkanes of at least 4 members (excludes halogenated alkanes) is 12. The molecule has 486 valence electrons. The van der Waals surface area contributed by atoms with Gasteiger partial charge in [0.05, 0.1) is 6.61 Å². The Balaban J connectivity index is 2.76. The second-order valence-corrected chi connectivity index (χ2v) is 21.6. The molecule has 1 rings (SSSR count). The van der Waals surface area contributed by atoms with Gasteiger partial charge < -0.3 is 39.0 Å². The van der Waals surface area contributed by atoms with E-state index in [1.807, 2.05) is 30.4 Å². The van der Waals surface area contributed by atoms with Gasteiger partial charge in [-0.25, -0.2) is 4.79 Å². The number of carboxylic acid groups (broad SMARTS) is 1. The predicted octanol–water partition coefficient (Wildman–Crippen LogP) is 18.2. The van der Waals surface area contributed by atoms with Crippen LogP contribution in [0.1, 0.15) is 226 Å². The molecule has 3 N–H and O–H groups in total. The molecule has 0 amide bonds. The second-order valence-electron chi connectivity index (χ2n) is 21.6. The lowest BCUT2D eigenvalue weighted by Gasteiger charge is -2.40. The lowest BCUT2D eigenvalue weighted by molar-refractivity contribution is -0.301. The maximum Gasteiger partial charge on any atom is 0.335 e.